The maximum absolute atomic E-state index is 11.9. The second-order valence-corrected chi connectivity index (χ2v) is 7.01. The first-order valence-electron chi connectivity index (χ1n) is 6.60. The molecule has 1 aliphatic heterocycles. The van der Waals surface area contributed by atoms with Crippen LogP contribution in [0.15, 0.2) is 0 Å². The average Bonchev–Trinajstić information content (AvgIpc) is 2.36. The minimum Gasteiger partial charge on any atom is -0.338 e. The van der Waals surface area contributed by atoms with Crippen LogP contribution in [0, 0.1) is 0 Å². The van der Waals surface area contributed by atoms with E-state index < -0.39 is 10.2 Å². The highest BCUT2D eigenvalue weighted by Crippen LogP contribution is 2.15. The Morgan fingerprint density at radius 3 is 2.37 bits per heavy atom. The summed E-state index contributed by atoms with van der Waals surface area (Å²) < 4.78 is 26.5. The van der Waals surface area contributed by atoms with E-state index in [4.69, 9.17) is 0 Å². The number of rotatable bonds is 5. The third kappa shape index (κ3) is 4.63. The lowest BCUT2D eigenvalue weighted by molar-refractivity contribution is 0.226. The number of urea groups is 1. The number of carbonyl (C=O) groups is 1. The van der Waals surface area contributed by atoms with E-state index in [1.54, 1.807) is 0 Å². The molecule has 0 aromatic rings. The molecule has 0 bridgehead atoms. The zero-order chi connectivity index (χ0) is 14.5. The first kappa shape index (κ1) is 16.2. The quantitative estimate of drug-likeness (QED) is 0.746. The van der Waals surface area contributed by atoms with Gasteiger partial charge in [0.2, 0.25) is 0 Å². The van der Waals surface area contributed by atoms with Crippen LogP contribution >= 0.6 is 0 Å². The molecule has 1 aliphatic rings. The Balaban J connectivity index is 2.39. The summed E-state index contributed by atoms with van der Waals surface area (Å²) >= 11 is 0. The van der Waals surface area contributed by atoms with Crippen molar-refractivity contribution >= 4 is 16.2 Å². The monoisotopic (exact) mass is 292 g/mol. The molecule has 0 aliphatic carbocycles. The van der Waals surface area contributed by atoms with E-state index in [0.717, 1.165) is 6.42 Å². The molecule has 1 saturated heterocycles. The number of amides is 2. The second-order valence-electron chi connectivity index (χ2n) is 4.86. The van der Waals surface area contributed by atoms with E-state index in [0.29, 0.717) is 32.5 Å². The molecule has 19 heavy (non-hydrogen) atoms. The van der Waals surface area contributed by atoms with Gasteiger partial charge < -0.3 is 10.6 Å². The van der Waals surface area contributed by atoms with E-state index in [1.807, 2.05) is 6.92 Å². The number of nitrogens with one attached hydrogen (secondary N) is 2. The number of nitrogens with zero attached hydrogens (tertiary/aromatic N) is 2. The minimum atomic E-state index is -3.33. The van der Waals surface area contributed by atoms with Crippen molar-refractivity contribution in [3.63, 3.8) is 0 Å². The van der Waals surface area contributed by atoms with Crippen LogP contribution in [-0.2, 0) is 10.2 Å². The normalized spacial score (nSPS) is 18.5. The van der Waals surface area contributed by atoms with Crippen LogP contribution in [0.5, 0.6) is 0 Å². The third-order valence-electron chi connectivity index (χ3n) is 3.11. The highest BCUT2D eigenvalue weighted by Gasteiger charge is 2.29. The Kier molecular flexibility index (Phi) is 6.02. The van der Waals surface area contributed by atoms with Crippen LogP contribution in [0.3, 0.4) is 0 Å². The summed E-state index contributed by atoms with van der Waals surface area (Å²) in [6.07, 6.45) is 2.19. The molecule has 7 nitrogen and oxygen atoms in total. The highest BCUT2D eigenvalue weighted by atomic mass is 32.2. The SMILES string of the molecule is CCCNC(=O)NC1CCN(S(=O)(=O)N(C)C)CC1. The largest absolute Gasteiger partial charge is 0.338 e. The molecule has 2 amide bonds. The van der Waals surface area contributed by atoms with Crippen LogP contribution in [0.1, 0.15) is 26.2 Å². The Labute approximate surface area is 115 Å². The van der Waals surface area contributed by atoms with Crippen LogP contribution in [-0.4, -0.2) is 62.8 Å². The summed E-state index contributed by atoms with van der Waals surface area (Å²) in [6.45, 7) is 3.53. The molecule has 0 spiro atoms. The molecule has 0 atom stereocenters. The molecule has 0 saturated carbocycles. The van der Waals surface area contributed by atoms with Crippen molar-refractivity contribution in [2.45, 2.75) is 32.2 Å². The van der Waals surface area contributed by atoms with Crippen molar-refractivity contribution in [1.29, 1.82) is 0 Å². The summed E-state index contributed by atoms with van der Waals surface area (Å²) in [5, 5.41) is 5.62. The van der Waals surface area contributed by atoms with Crippen molar-refractivity contribution in [1.82, 2.24) is 19.2 Å². The zero-order valence-corrected chi connectivity index (χ0v) is 12.7. The number of hydrogen-bond donors (Lipinski definition) is 2. The lowest BCUT2D eigenvalue weighted by Gasteiger charge is -2.33. The molecule has 112 valence electrons. The van der Waals surface area contributed by atoms with Gasteiger partial charge in [-0.3, -0.25) is 0 Å². The second kappa shape index (κ2) is 7.06. The first-order chi connectivity index (χ1) is 8.87. The molecule has 0 aromatic carbocycles. The Morgan fingerprint density at radius 1 is 1.32 bits per heavy atom. The average molecular weight is 292 g/mol. The third-order valence-corrected chi connectivity index (χ3v) is 5.05. The van der Waals surface area contributed by atoms with Gasteiger partial charge in [-0.25, -0.2) is 4.79 Å². The van der Waals surface area contributed by atoms with Gasteiger partial charge in [0.25, 0.3) is 10.2 Å². The van der Waals surface area contributed by atoms with Crippen molar-refractivity contribution < 1.29 is 13.2 Å². The van der Waals surface area contributed by atoms with Crippen molar-refractivity contribution in [3.05, 3.63) is 0 Å². The van der Waals surface area contributed by atoms with E-state index in [9.17, 15) is 13.2 Å². The smallest absolute Gasteiger partial charge is 0.315 e. The lowest BCUT2D eigenvalue weighted by Crippen LogP contribution is -2.51. The van der Waals surface area contributed by atoms with Gasteiger partial charge in [0.1, 0.15) is 0 Å². The van der Waals surface area contributed by atoms with E-state index in [2.05, 4.69) is 10.6 Å². The molecular weight excluding hydrogens is 268 g/mol. The summed E-state index contributed by atoms with van der Waals surface area (Å²) in [6, 6.07) is -0.124. The molecule has 8 heteroatoms. The number of hydrogen-bond acceptors (Lipinski definition) is 3. The lowest BCUT2D eigenvalue weighted by atomic mass is 10.1. The Hall–Kier alpha value is -0.860. The highest BCUT2D eigenvalue weighted by molar-refractivity contribution is 7.86. The summed E-state index contributed by atoms with van der Waals surface area (Å²) in [5.74, 6) is 0. The Morgan fingerprint density at radius 2 is 1.89 bits per heavy atom. The van der Waals surface area contributed by atoms with E-state index >= 15 is 0 Å². The van der Waals surface area contributed by atoms with Crippen LogP contribution in [0.2, 0.25) is 0 Å². The van der Waals surface area contributed by atoms with Crippen molar-refractivity contribution in [3.8, 4) is 0 Å². The van der Waals surface area contributed by atoms with Crippen molar-refractivity contribution in [2.75, 3.05) is 33.7 Å². The number of carbonyl (C=O) groups excluding carboxylic acids is 1. The molecule has 2 N–H and O–H groups in total. The predicted molar refractivity (Wildman–Crippen MR) is 74.0 cm³/mol. The van der Waals surface area contributed by atoms with E-state index in [-0.39, 0.29) is 12.1 Å². The maximum Gasteiger partial charge on any atom is 0.315 e. The topological polar surface area (TPSA) is 81.8 Å². The van der Waals surface area contributed by atoms with Gasteiger partial charge in [-0.2, -0.15) is 17.0 Å². The van der Waals surface area contributed by atoms with E-state index in [1.165, 1.54) is 22.7 Å². The molecular formula is C11H24N4O3S. The van der Waals surface area contributed by atoms with Crippen LogP contribution in [0.25, 0.3) is 0 Å². The molecule has 0 radical (unpaired) electrons. The summed E-state index contributed by atoms with van der Waals surface area (Å²) in [4.78, 5) is 11.5. The maximum atomic E-state index is 11.9. The van der Waals surface area contributed by atoms with Gasteiger partial charge in [0.05, 0.1) is 0 Å². The Bertz CT molecular complexity index is 389. The predicted octanol–water partition coefficient (Wildman–Crippen LogP) is -0.0336. The fraction of sp³-hybridized carbons (Fsp3) is 0.909. The molecule has 1 rings (SSSR count). The molecule has 0 unspecified atom stereocenters. The van der Waals surface area contributed by atoms with Gasteiger partial charge in [0, 0.05) is 39.8 Å². The fourth-order valence-electron chi connectivity index (χ4n) is 1.94. The first-order valence-corrected chi connectivity index (χ1v) is 7.99. The van der Waals surface area contributed by atoms with Gasteiger partial charge in [-0.05, 0) is 19.3 Å². The molecule has 0 aromatic heterocycles. The van der Waals surface area contributed by atoms with Gasteiger partial charge >= 0.3 is 6.03 Å². The summed E-state index contributed by atoms with van der Waals surface area (Å²) in [5.41, 5.74) is 0. The van der Waals surface area contributed by atoms with Gasteiger partial charge in [-0.1, -0.05) is 6.92 Å². The zero-order valence-electron chi connectivity index (χ0n) is 11.8. The van der Waals surface area contributed by atoms with Crippen LogP contribution in [0.4, 0.5) is 4.79 Å². The standard InChI is InChI=1S/C11H24N4O3S/c1-4-7-12-11(16)13-10-5-8-15(9-6-10)19(17,18)14(2)3/h10H,4-9H2,1-3H3,(H2,12,13,16). The van der Waals surface area contributed by atoms with Crippen molar-refractivity contribution in [2.24, 2.45) is 0 Å². The molecule has 1 fully saturated rings. The van der Waals surface area contributed by atoms with Gasteiger partial charge in [-0.15, -0.1) is 0 Å². The fourth-order valence-corrected chi connectivity index (χ4v) is 3.07. The van der Waals surface area contributed by atoms with Crippen LogP contribution < -0.4 is 10.6 Å². The summed E-state index contributed by atoms with van der Waals surface area (Å²) in [7, 11) is -0.276. The number of piperidine rings is 1. The minimum absolute atomic E-state index is 0.0467. The molecule has 1 heterocycles. The van der Waals surface area contributed by atoms with Gasteiger partial charge in [0.15, 0.2) is 0 Å².